The van der Waals surface area contributed by atoms with Gasteiger partial charge in [-0.15, -0.1) is 0 Å². The van der Waals surface area contributed by atoms with Crippen molar-refractivity contribution in [2.24, 2.45) is 0 Å². The van der Waals surface area contributed by atoms with E-state index in [0.717, 1.165) is 5.39 Å². The van der Waals surface area contributed by atoms with Crippen molar-refractivity contribution >= 4 is 44.0 Å². The van der Waals surface area contributed by atoms with Crippen LogP contribution in [-0.4, -0.2) is 36.7 Å². The number of hydrogen-bond donors (Lipinski definition) is 1. The molecule has 1 saturated heterocycles. The molecule has 1 amide bonds. The highest BCUT2D eigenvalue weighted by atomic mass is 35.5. The summed E-state index contributed by atoms with van der Waals surface area (Å²) in [6, 6.07) is 15.0. The molecule has 0 aliphatic carbocycles. The van der Waals surface area contributed by atoms with Gasteiger partial charge in [-0.2, -0.15) is 9.82 Å². The second kappa shape index (κ2) is 8.26. The lowest BCUT2D eigenvalue weighted by Gasteiger charge is -2.18. The summed E-state index contributed by atoms with van der Waals surface area (Å²) in [7, 11) is -3.97. The maximum Gasteiger partial charge on any atom is 0.245 e. The Hall–Kier alpha value is -3.27. The van der Waals surface area contributed by atoms with E-state index in [4.69, 9.17) is 11.6 Å². The summed E-state index contributed by atoms with van der Waals surface area (Å²) in [6.07, 6.45) is 3.49. The molecule has 1 aliphatic heterocycles. The van der Waals surface area contributed by atoms with Gasteiger partial charge in [-0.05, 0) is 59.7 Å². The van der Waals surface area contributed by atoms with E-state index in [2.05, 4.69) is 9.82 Å². The first-order valence-corrected chi connectivity index (χ1v) is 12.0. The summed E-state index contributed by atoms with van der Waals surface area (Å²) in [5.41, 5.74) is 0.614. The number of amides is 1. The molecule has 0 bridgehead atoms. The van der Waals surface area contributed by atoms with Crippen molar-refractivity contribution in [3.05, 3.63) is 83.9 Å². The topological polar surface area (TPSA) is 84.3 Å². The molecule has 3 aromatic carbocycles. The number of rotatable bonds is 5. The number of aromatic nitrogens is 2. The minimum absolute atomic E-state index is 0.0401. The lowest BCUT2D eigenvalue weighted by molar-refractivity contribution is -0.118. The van der Waals surface area contributed by atoms with Crippen molar-refractivity contribution in [1.82, 2.24) is 14.5 Å². The molecular formula is C23H18ClFN4O3S. The zero-order valence-electron chi connectivity index (χ0n) is 17.2. The Morgan fingerprint density at radius 2 is 1.85 bits per heavy atom. The summed E-state index contributed by atoms with van der Waals surface area (Å²) >= 11 is 5.98. The van der Waals surface area contributed by atoms with Gasteiger partial charge in [-0.25, -0.2) is 17.5 Å². The van der Waals surface area contributed by atoms with E-state index in [1.807, 2.05) is 0 Å². The fraction of sp³-hybridized carbons (Fsp3) is 0.130. The maximum absolute atomic E-state index is 14.8. The molecule has 4 aromatic rings. The third-order valence-electron chi connectivity index (χ3n) is 5.58. The summed E-state index contributed by atoms with van der Waals surface area (Å²) in [5.74, 6) is -1.09. The van der Waals surface area contributed by atoms with Gasteiger partial charge in [0.15, 0.2) is 0 Å². The van der Waals surface area contributed by atoms with Gasteiger partial charge >= 0.3 is 0 Å². The molecule has 1 fully saturated rings. The molecule has 33 heavy (non-hydrogen) atoms. The number of nitrogens with one attached hydrogen (secondary N) is 1. The molecule has 2 heterocycles. The first kappa shape index (κ1) is 21.6. The van der Waals surface area contributed by atoms with Crippen molar-refractivity contribution in [1.29, 1.82) is 0 Å². The quantitative estimate of drug-likeness (QED) is 0.465. The van der Waals surface area contributed by atoms with Gasteiger partial charge in [0.25, 0.3) is 0 Å². The third kappa shape index (κ3) is 4.10. The molecule has 0 radical (unpaired) electrons. The summed E-state index contributed by atoms with van der Waals surface area (Å²) in [6.45, 7) is 0.195. The highest BCUT2D eigenvalue weighted by Crippen LogP contribution is 2.28. The number of sulfonamides is 1. The van der Waals surface area contributed by atoms with Crippen LogP contribution in [0.3, 0.4) is 0 Å². The Balaban J connectivity index is 1.36. The number of benzene rings is 3. The fourth-order valence-corrected chi connectivity index (χ4v) is 5.36. The molecule has 5 rings (SSSR count). The van der Waals surface area contributed by atoms with Crippen LogP contribution in [-0.2, 0) is 14.8 Å². The Bertz CT molecular complexity index is 1470. The first-order valence-electron chi connectivity index (χ1n) is 10.1. The first-order chi connectivity index (χ1) is 15.8. The normalized spacial score (nSPS) is 16.6. The van der Waals surface area contributed by atoms with Crippen LogP contribution < -0.4 is 9.62 Å². The largest absolute Gasteiger partial charge is 0.308 e. The van der Waals surface area contributed by atoms with Crippen LogP contribution in [0.2, 0.25) is 5.02 Å². The minimum atomic E-state index is -3.97. The zero-order chi connectivity index (χ0) is 23.2. The van der Waals surface area contributed by atoms with Crippen molar-refractivity contribution in [2.45, 2.75) is 17.4 Å². The van der Waals surface area contributed by atoms with Crippen LogP contribution in [0.1, 0.15) is 6.42 Å². The van der Waals surface area contributed by atoms with Crippen molar-refractivity contribution < 1.29 is 17.6 Å². The Morgan fingerprint density at radius 3 is 2.61 bits per heavy atom. The summed E-state index contributed by atoms with van der Waals surface area (Å²) in [4.78, 5) is 14.2. The number of carbonyl (C=O) groups excluding carboxylic acids is 1. The second-order valence-electron chi connectivity index (χ2n) is 7.69. The average molecular weight is 485 g/mol. The molecule has 10 heteroatoms. The van der Waals surface area contributed by atoms with E-state index in [9.17, 15) is 17.6 Å². The SMILES string of the molecule is O=C1[C@@H](NS(=O)(=O)c2ccc3cc(Cl)ccc3c2)CCN1c1ccc(-n2cccn2)cc1F. The molecule has 7 nitrogen and oxygen atoms in total. The van der Waals surface area contributed by atoms with Gasteiger partial charge in [0.05, 0.1) is 16.3 Å². The van der Waals surface area contributed by atoms with Crippen LogP contribution in [0.5, 0.6) is 0 Å². The van der Waals surface area contributed by atoms with Crippen LogP contribution in [0.15, 0.2) is 78.0 Å². The fourth-order valence-electron chi connectivity index (χ4n) is 3.92. The Kier molecular flexibility index (Phi) is 5.40. The van der Waals surface area contributed by atoms with Crippen LogP contribution in [0.4, 0.5) is 10.1 Å². The second-order valence-corrected chi connectivity index (χ2v) is 9.84. The molecule has 1 aromatic heterocycles. The van der Waals surface area contributed by atoms with E-state index < -0.39 is 27.8 Å². The number of fused-ring (bicyclic) bond motifs is 1. The third-order valence-corrected chi connectivity index (χ3v) is 7.28. The van der Waals surface area contributed by atoms with E-state index in [-0.39, 0.29) is 23.5 Å². The molecule has 1 N–H and O–H groups in total. The van der Waals surface area contributed by atoms with Crippen LogP contribution in [0.25, 0.3) is 16.5 Å². The highest BCUT2D eigenvalue weighted by Gasteiger charge is 2.36. The molecule has 1 atom stereocenters. The van der Waals surface area contributed by atoms with Crippen molar-refractivity contribution in [2.75, 3.05) is 11.4 Å². The molecule has 0 unspecified atom stereocenters. The van der Waals surface area contributed by atoms with Crippen LogP contribution in [0, 0.1) is 5.82 Å². The summed E-state index contributed by atoms with van der Waals surface area (Å²) < 4.78 is 44.6. The van der Waals surface area contributed by atoms with Crippen molar-refractivity contribution in [3.8, 4) is 5.69 Å². The Labute approximate surface area is 194 Å². The lowest BCUT2D eigenvalue weighted by atomic mass is 10.1. The zero-order valence-corrected chi connectivity index (χ0v) is 18.7. The van der Waals surface area contributed by atoms with Gasteiger partial charge in [-0.1, -0.05) is 23.7 Å². The standard InChI is InChI=1S/C23H18ClFN4O3S/c24-17-4-2-16-13-19(6-3-15(16)12-17)33(31,32)27-21-8-11-28(23(21)30)22-7-5-18(14-20(22)25)29-10-1-9-26-29/h1-7,9-10,12-14,21,27H,8,11H2/t21-/m0/s1. The van der Waals surface area contributed by atoms with Crippen molar-refractivity contribution in [3.63, 3.8) is 0 Å². The monoisotopic (exact) mass is 484 g/mol. The number of carbonyl (C=O) groups is 1. The average Bonchev–Trinajstić information content (AvgIpc) is 3.44. The molecule has 168 valence electrons. The smallest absolute Gasteiger partial charge is 0.245 e. The van der Waals surface area contributed by atoms with Crippen LogP contribution >= 0.6 is 11.6 Å². The van der Waals surface area contributed by atoms with Gasteiger partial charge in [-0.3, -0.25) is 4.79 Å². The van der Waals surface area contributed by atoms with Gasteiger partial charge in [0.1, 0.15) is 11.9 Å². The van der Waals surface area contributed by atoms with E-state index in [0.29, 0.717) is 16.1 Å². The predicted molar refractivity (Wildman–Crippen MR) is 124 cm³/mol. The van der Waals surface area contributed by atoms with Gasteiger partial charge in [0, 0.05) is 30.0 Å². The van der Waals surface area contributed by atoms with Gasteiger partial charge < -0.3 is 4.90 Å². The summed E-state index contributed by atoms with van der Waals surface area (Å²) in [5, 5.41) is 6.13. The molecule has 0 spiro atoms. The minimum Gasteiger partial charge on any atom is -0.308 e. The predicted octanol–water partition coefficient (Wildman–Crippen LogP) is 3.90. The molecule has 0 saturated carbocycles. The lowest BCUT2D eigenvalue weighted by Crippen LogP contribution is -2.41. The maximum atomic E-state index is 14.8. The van der Waals surface area contributed by atoms with Gasteiger partial charge in [0.2, 0.25) is 15.9 Å². The number of nitrogens with zero attached hydrogens (tertiary/aromatic N) is 3. The van der Waals surface area contributed by atoms with E-state index in [1.165, 1.54) is 33.8 Å². The number of hydrogen-bond acceptors (Lipinski definition) is 4. The number of halogens is 2. The van der Waals surface area contributed by atoms with E-state index in [1.54, 1.807) is 48.8 Å². The number of anilines is 1. The van der Waals surface area contributed by atoms with E-state index >= 15 is 0 Å². The molecular weight excluding hydrogens is 467 g/mol. The highest BCUT2D eigenvalue weighted by molar-refractivity contribution is 7.89. The molecule has 1 aliphatic rings. The Morgan fingerprint density at radius 1 is 1.06 bits per heavy atom.